The van der Waals surface area contributed by atoms with E-state index in [0.29, 0.717) is 12.6 Å². The van der Waals surface area contributed by atoms with Crippen LogP contribution in [0.15, 0.2) is 0 Å². The highest BCUT2D eigenvalue weighted by Crippen LogP contribution is 2.13. The molecule has 2 atom stereocenters. The van der Waals surface area contributed by atoms with Crippen molar-refractivity contribution in [1.82, 2.24) is 10.2 Å². The van der Waals surface area contributed by atoms with E-state index in [9.17, 15) is 4.79 Å². The van der Waals surface area contributed by atoms with Gasteiger partial charge in [-0.15, -0.1) is 0 Å². The lowest BCUT2D eigenvalue weighted by atomic mass is 10.1. The third-order valence-corrected chi connectivity index (χ3v) is 3.39. The minimum atomic E-state index is -0.453. The van der Waals surface area contributed by atoms with Gasteiger partial charge in [0.15, 0.2) is 0 Å². The molecule has 0 aliphatic carbocycles. The minimum Gasteiger partial charge on any atom is -0.444 e. The molecule has 0 spiro atoms. The van der Waals surface area contributed by atoms with Crippen molar-refractivity contribution in [2.45, 2.75) is 71.8 Å². The Balaban J connectivity index is 2.41. The molecule has 5 nitrogen and oxygen atoms in total. The van der Waals surface area contributed by atoms with Gasteiger partial charge < -0.3 is 19.7 Å². The van der Waals surface area contributed by atoms with E-state index in [4.69, 9.17) is 9.47 Å². The maximum absolute atomic E-state index is 12.1. The molecular formula is C15H30N2O3. The second-order valence-electron chi connectivity index (χ2n) is 6.69. The van der Waals surface area contributed by atoms with Crippen LogP contribution in [0.1, 0.15) is 48.0 Å². The molecule has 20 heavy (non-hydrogen) atoms. The molecule has 1 aliphatic rings. The van der Waals surface area contributed by atoms with Crippen LogP contribution in [0.3, 0.4) is 0 Å². The lowest BCUT2D eigenvalue weighted by molar-refractivity contribution is 0.0191. The van der Waals surface area contributed by atoms with Crippen molar-refractivity contribution in [3.63, 3.8) is 0 Å². The highest BCUT2D eigenvalue weighted by atomic mass is 16.6. The normalized spacial score (nSPS) is 23.1. The van der Waals surface area contributed by atoms with Gasteiger partial charge in [0.1, 0.15) is 5.60 Å². The molecule has 1 aliphatic heterocycles. The molecule has 1 saturated heterocycles. The molecule has 118 valence electrons. The fourth-order valence-electron chi connectivity index (χ4n) is 2.25. The number of ether oxygens (including phenoxy) is 2. The zero-order valence-electron chi connectivity index (χ0n) is 13.7. The minimum absolute atomic E-state index is 0.129. The second kappa shape index (κ2) is 7.27. The molecule has 0 aromatic rings. The van der Waals surface area contributed by atoms with Crippen molar-refractivity contribution in [2.75, 3.05) is 19.7 Å². The fourth-order valence-corrected chi connectivity index (χ4v) is 2.25. The molecule has 2 unspecified atom stereocenters. The zero-order valence-corrected chi connectivity index (χ0v) is 13.7. The lowest BCUT2D eigenvalue weighted by Gasteiger charge is -2.30. The highest BCUT2D eigenvalue weighted by Gasteiger charge is 2.26. The van der Waals surface area contributed by atoms with Crippen molar-refractivity contribution >= 4 is 6.09 Å². The Morgan fingerprint density at radius 3 is 2.55 bits per heavy atom. The molecule has 1 fully saturated rings. The molecule has 1 amide bonds. The summed E-state index contributed by atoms with van der Waals surface area (Å²) in [6, 6.07) is 0.520. The quantitative estimate of drug-likeness (QED) is 0.843. The summed E-state index contributed by atoms with van der Waals surface area (Å²) in [5.74, 6) is 0. The largest absolute Gasteiger partial charge is 0.444 e. The van der Waals surface area contributed by atoms with Crippen molar-refractivity contribution in [3.05, 3.63) is 0 Å². The summed E-state index contributed by atoms with van der Waals surface area (Å²) >= 11 is 0. The summed E-state index contributed by atoms with van der Waals surface area (Å²) in [6.45, 7) is 14.0. The van der Waals surface area contributed by atoms with Crippen LogP contribution in [-0.2, 0) is 9.47 Å². The van der Waals surface area contributed by atoms with Crippen LogP contribution in [0.2, 0.25) is 0 Å². The highest BCUT2D eigenvalue weighted by molar-refractivity contribution is 5.68. The Hall–Kier alpha value is -0.810. The van der Waals surface area contributed by atoms with E-state index in [1.54, 1.807) is 4.90 Å². The zero-order chi connectivity index (χ0) is 15.3. The summed E-state index contributed by atoms with van der Waals surface area (Å²) in [4.78, 5) is 13.9. The third-order valence-electron chi connectivity index (χ3n) is 3.39. The summed E-state index contributed by atoms with van der Waals surface area (Å²) in [7, 11) is 0. The molecule has 0 saturated carbocycles. The van der Waals surface area contributed by atoms with E-state index in [-0.39, 0.29) is 18.2 Å². The predicted molar refractivity (Wildman–Crippen MR) is 79.9 cm³/mol. The Bertz CT molecular complexity index is 313. The molecular weight excluding hydrogens is 256 g/mol. The first-order valence-electron chi connectivity index (χ1n) is 7.55. The molecule has 5 heteroatoms. The van der Waals surface area contributed by atoms with Crippen LogP contribution in [-0.4, -0.2) is 54.5 Å². The number of hydrogen-bond acceptors (Lipinski definition) is 4. The van der Waals surface area contributed by atoms with Gasteiger partial charge in [0, 0.05) is 31.8 Å². The van der Waals surface area contributed by atoms with E-state index in [1.165, 1.54) is 0 Å². The van der Waals surface area contributed by atoms with Gasteiger partial charge in [-0.3, -0.25) is 0 Å². The van der Waals surface area contributed by atoms with Crippen LogP contribution in [0.25, 0.3) is 0 Å². The van der Waals surface area contributed by atoms with E-state index in [1.807, 2.05) is 34.6 Å². The number of rotatable bonds is 5. The van der Waals surface area contributed by atoms with Gasteiger partial charge in [-0.1, -0.05) is 0 Å². The predicted octanol–water partition coefficient (Wildman–Crippen LogP) is 2.40. The van der Waals surface area contributed by atoms with Crippen LogP contribution >= 0.6 is 0 Å². The maximum atomic E-state index is 12.1. The fraction of sp³-hybridized carbons (Fsp3) is 0.933. The first kappa shape index (κ1) is 17.2. The number of nitrogens with one attached hydrogen (secondary N) is 1. The van der Waals surface area contributed by atoms with Gasteiger partial charge in [0.25, 0.3) is 0 Å². The standard InChI is InChI=1S/C15H30N2O3/c1-11(2)17(14(18)20-15(4,5)6)9-8-16-13-7-10-19-12(13)3/h11-13,16H,7-10H2,1-6H3. The Morgan fingerprint density at radius 1 is 1.45 bits per heavy atom. The Kier molecular flexibility index (Phi) is 6.27. The SMILES string of the molecule is CC1OCCC1NCCN(C(=O)OC(C)(C)C)C(C)C. The summed E-state index contributed by atoms with van der Waals surface area (Å²) in [5.41, 5.74) is -0.453. The van der Waals surface area contributed by atoms with Crippen LogP contribution in [0.4, 0.5) is 4.79 Å². The van der Waals surface area contributed by atoms with Gasteiger partial charge >= 0.3 is 6.09 Å². The lowest BCUT2D eigenvalue weighted by Crippen LogP contribution is -2.46. The summed E-state index contributed by atoms with van der Waals surface area (Å²) in [6.07, 6.45) is 1.05. The smallest absolute Gasteiger partial charge is 0.410 e. The molecule has 1 rings (SSSR count). The topological polar surface area (TPSA) is 50.8 Å². The molecule has 0 aromatic heterocycles. The van der Waals surface area contributed by atoms with Crippen LogP contribution < -0.4 is 5.32 Å². The number of carbonyl (C=O) groups is 1. The summed E-state index contributed by atoms with van der Waals surface area (Å²) in [5, 5.41) is 3.46. The first-order chi connectivity index (χ1) is 9.20. The molecule has 0 bridgehead atoms. The van der Waals surface area contributed by atoms with E-state index < -0.39 is 5.60 Å². The third kappa shape index (κ3) is 5.67. The number of amides is 1. The van der Waals surface area contributed by atoms with Crippen molar-refractivity contribution < 1.29 is 14.3 Å². The van der Waals surface area contributed by atoms with Gasteiger partial charge in [-0.25, -0.2) is 4.79 Å². The van der Waals surface area contributed by atoms with E-state index in [2.05, 4.69) is 12.2 Å². The van der Waals surface area contributed by atoms with E-state index in [0.717, 1.165) is 19.6 Å². The van der Waals surface area contributed by atoms with E-state index >= 15 is 0 Å². The second-order valence-corrected chi connectivity index (χ2v) is 6.69. The Labute approximate surface area is 123 Å². The average molecular weight is 286 g/mol. The van der Waals surface area contributed by atoms with Gasteiger partial charge in [0.2, 0.25) is 0 Å². The first-order valence-corrected chi connectivity index (χ1v) is 7.55. The van der Waals surface area contributed by atoms with Crippen LogP contribution in [0.5, 0.6) is 0 Å². The maximum Gasteiger partial charge on any atom is 0.410 e. The Morgan fingerprint density at radius 2 is 2.10 bits per heavy atom. The van der Waals surface area contributed by atoms with Crippen molar-refractivity contribution in [1.29, 1.82) is 0 Å². The molecule has 1 N–H and O–H groups in total. The van der Waals surface area contributed by atoms with Gasteiger partial charge in [-0.05, 0) is 48.0 Å². The van der Waals surface area contributed by atoms with Crippen LogP contribution in [0, 0.1) is 0 Å². The number of nitrogens with zero attached hydrogens (tertiary/aromatic N) is 1. The van der Waals surface area contributed by atoms with Crippen molar-refractivity contribution in [2.24, 2.45) is 0 Å². The monoisotopic (exact) mass is 286 g/mol. The number of carbonyl (C=O) groups excluding carboxylic acids is 1. The molecule has 0 aromatic carbocycles. The van der Waals surface area contributed by atoms with Gasteiger partial charge in [0.05, 0.1) is 6.10 Å². The van der Waals surface area contributed by atoms with Gasteiger partial charge in [-0.2, -0.15) is 0 Å². The van der Waals surface area contributed by atoms with Crippen molar-refractivity contribution in [3.8, 4) is 0 Å². The molecule has 1 heterocycles. The summed E-state index contributed by atoms with van der Waals surface area (Å²) < 4.78 is 11.0. The molecule has 0 radical (unpaired) electrons. The number of hydrogen-bond donors (Lipinski definition) is 1. The average Bonchev–Trinajstić information content (AvgIpc) is 2.67.